The monoisotopic (exact) mass is 223 g/mol. The molecule has 1 aromatic rings. The van der Waals surface area contributed by atoms with E-state index < -0.39 is 5.41 Å². The molecule has 0 radical (unpaired) electrons. The molecule has 15 heavy (non-hydrogen) atoms. The minimum absolute atomic E-state index is 0.0878. The first-order valence-electron chi connectivity index (χ1n) is 4.64. The van der Waals surface area contributed by atoms with E-state index in [1.807, 2.05) is 26.8 Å². The maximum Gasteiger partial charge on any atom is 0.214 e. The van der Waals surface area contributed by atoms with Crippen molar-refractivity contribution < 1.29 is 4.79 Å². The maximum atomic E-state index is 11.9. The first-order chi connectivity index (χ1) is 6.86. The second kappa shape index (κ2) is 4.07. The third-order valence-electron chi connectivity index (χ3n) is 2.06. The minimum atomic E-state index is -0.405. The van der Waals surface area contributed by atoms with Crippen molar-refractivity contribution in [2.45, 2.75) is 33.6 Å². The van der Waals surface area contributed by atoms with Crippen LogP contribution in [0.15, 0.2) is 0 Å². The molecule has 1 unspecified atom stereocenters. The standard InChI is InChI=1S/C10H13N3OS/c1-6(8(14)10(2,3)4)9-12-7(5-11)15-13-9/h6H,1-4H3. The lowest BCUT2D eigenvalue weighted by Gasteiger charge is -2.19. The van der Waals surface area contributed by atoms with Crippen LogP contribution in [0, 0.1) is 16.7 Å². The van der Waals surface area contributed by atoms with Gasteiger partial charge in [0, 0.05) is 5.41 Å². The molecule has 0 aromatic carbocycles. The second-order valence-corrected chi connectivity index (χ2v) is 5.16. The number of carbonyl (C=O) groups excluding carboxylic acids is 1. The van der Waals surface area contributed by atoms with Gasteiger partial charge >= 0.3 is 0 Å². The van der Waals surface area contributed by atoms with Crippen LogP contribution in [0.25, 0.3) is 0 Å². The van der Waals surface area contributed by atoms with Gasteiger partial charge in [0.05, 0.1) is 5.92 Å². The first-order valence-corrected chi connectivity index (χ1v) is 5.41. The molecular weight excluding hydrogens is 210 g/mol. The molecule has 0 aliphatic carbocycles. The largest absolute Gasteiger partial charge is 0.298 e. The van der Waals surface area contributed by atoms with E-state index in [1.165, 1.54) is 0 Å². The maximum absolute atomic E-state index is 11.9. The number of aromatic nitrogens is 2. The fraction of sp³-hybridized carbons (Fsp3) is 0.600. The van der Waals surface area contributed by atoms with Crippen LogP contribution in [0.3, 0.4) is 0 Å². The van der Waals surface area contributed by atoms with Crippen molar-refractivity contribution in [3.8, 4) is 6.07 Å². The van der Waals surface area contributed by atoms with Crippen LogP contribution in [0.1, 0.15) is 44.4 Å². The van der Waals surface area contributed by atoms with E-state index >= 15 is 0 Å². The topological polar surface area (TPSA) is 66.6 Å². The molecule has 80 valence electrons. The Morgan fingerprint density at radius 1 is 1.53 bits per heavy atom. The van der Waals surface area contributed by atoms with Gasteiger partial charge in [0.1, 0.15) is 11.9 Å². The molecule has 0 fully saturated rings. The first kappa shape index (κ1) is 11.8. The zero-order valence-electron chi connectivity index (χ0n) is 9.24. The fourth-order valence-electron chi connectivity index (χ4n) is 1.22. The number of carbonyl (C=O) groups is 1. The molecule has 4 nitrogen and oxygen atoms in total. The molecule has 0 bridgehead atoms. The lowest BCUT2D eigenvalue weighted by Crippen LogP contribution is -2.25. The predicted octanol–water partition coefficient (Wildman–Crippen LogP) is 2.13. The van der Waals surface area contributed by atoms with Crippen molar-refractivity contribution >= 4 is 17.3 Å². The van der Waals surface area contributed by atoms with Gasteiger partial charge in [-0.2, -0.15) is 9.64 Å². The van der Waals surface area contributed by atoms with Gasteiger partial charge in [-0.05, 0) is 18.5 Å². The Labute approximate surface area is 93.1 Å². The Hall–Kier alpha value is -1.28. The number of nitrogens with zero attached hydrogens (tertiary/aromatic N) is 3. The van der Waals surface area contributed by atoms with Gasteiger partial charge in [0.15, 0.2) is 5.82 Å². The van der Waals surface area contributed by atoms with Crippen molar-refractivity contribution in [2.24, 2.45) is 5.41 Å². The van der Waals surface area contributed by atoms with E-state index in [4.69, 9.17) is 5.26 Å². The molecule has 1 atom stereocenters. The lowest BCUT2D eigenvalue weighted by atomic mass is 9.83. The molecule has 1 heterocycles. The molecule has 0 saturated carbocycles. The molecule has 0 saturated heterocycles. The summed E-state index contributed by atoms with van der Waals surface area (Å²) in [7, 11) is 0. The summed E-state index contributed by atoms with van der Waals surface area (Å²) in [6.07, 6.45) is 0. The molecular formula is C10H13N3OS. The van der Waals surface area contributed by atoms with Gasteiger partial charge in [0.2, 0.25) is 5.01 Å². The van der Waals surface area contributed by atoms with E-state index in [-0.39, 0.29) is 11.7 Å². The number of hydrogen-bond donors (Lipinski definition) is 0. The summed E-state index contributed by atoms with van der Waals surface area (Å²) in [5, 5.41) is 8.91. The van der Waals surface area contributed by atoms with E-state index in [9.17, 15) is 4.79 Å². The number of nitriles is 1. The molecule has 0 aliphatic rings. The summed E-state index contributed by atoms with van der Waals surface area (Å²) in [6.45, 7) is 7.37. The molecule has 1 rings (SSSR count). The van der Waals surface area contributed by atoms with Crippen molar-refractivity contribution in [3.05, 3.63) is 10.8 Å². The molecule has 1 aromatic heterocycles. The lowest BCUT2D eigenvalue weighted by molar-refractivity contribution is -0.127. The number of Topliss-reactive ketones (excluding diaryl/α,β-unsaturated/α-hetero) is 1. The summed E-state index contributed by atoms with van der Waals surface area (Å²) >= 11 is 1.03. The van der Waals surface area contributed by atoms with Crippen LogP contribution in [0.5, 0.6) is 0 Å². The molecule has 0 amide bonds. The molecule has 0 aliphatic heterocycles. The average Bonchev–Trinajstić information content (AvgIpc) is 2.62. The van der Waals surface area contributed by atoms with Crippen LogP contribution < -0.4 is 0 Å². The summed E-state index contributed by atoms with van der Waals surface area (Å²) < 4.78 is 4.01. The van der Waals surface area contributed by atoms with E-state index in [0.717, 1.165) is 11.5 Å². The second-order valence-electron chi connectivity index (χ2n) is 4.41. The SMILES string of the molecule is CC(C(=O)C(C)(C)C)c1nsc(C#N)n1. The normalized spacial score (nSPS) is 13.3. The highest BCUT2D eigenvalue weighted by atomic mass is 32.1. The van der Waals surface area contributed by atoms with Crippen LogP contribution >= 0.6 is 11.5 Å². The van der Waals surface area contributed by atoms with E-state index in [1.54, 1.807) is 6.92 Å². The zero-order valence-corrected chi connectivity index (χ0v) is 10.1. The summed E-state index contributed by atoms with van der Waals surface area (Å²) in [6, 6.07) is 1.91. The fourth-order valence-corrected chi connectivity index (χ4v) is 1.78. The quantitative estimate of drug-likeness (QED) is 0.770. The van der Waals surface area contributed by atoms with E-state index in [0.29, 0.717) is 10.8 Å². The van der Waals surface area contributed by atoms with E-state index in [2.05, 4.69) is 9.36 Å². The Balaban J connectivity index is 2.91. The molecule has 5 heteroatoms. The number of ketones is 1. The smallest absolute Gasteiger partial charge is 0.214 e. The van der Waals surface area contributed by atoms with Gasteiger partial charge in [-0.1, -0.05) is 20.8 Å². The Bertz CT molecular complexity index is 411. The van der Waals surface area contributed by atoms with Crippen LogP contribution in [-0.4, -0.2) is 15.1 Å². The number of hydrogen-bond acceptors (Lipinski definition) is 5. The van der Waals surface area contributed by atoms with Gasteiger partial charge in [-0.15, -0.1) is 0 Å². The number of rotatable bonds is 2. The molecule has 0 N–H and O–H groups in total. The van der Waals surface area contributed by atoms with Crippen LogP contribution in [0.4, 0.5) is 0 Å². The predicted molar refractivity (Wildman–Crippen MR) is 57.5 cm³/mol. The summed E-state index contributed by atoms with van der Waals surface area (Å²) in [4.78, 5) is 15.9. The van der Waals surface area contributed by atoms with Crippen molar-refractivity contribution in [3.63, 3.8) is 0 Å². The highest BCUT2D eigenvalue weighted by Gasteiger charge is 2.29. The van der Waals surface area contributed by atoms with Crippen LogP contribution in [-0.2, 0) is 4.79 Å². The summed E-state index contributed by atoms with van der Waals surface area (Å²) in [5.74, 6) is 0.199. The van der Waals surface area contributed by atoms with Crippen LogP contribution in [0.2, 0.25) is 0 Å². The average molecular weight is 223 g/mol. The third-order valence-corrected chi connectivity index (χ3v) is 2.69. The van der Waals surface area contributed by atoms with Gasteiger partial charge in [-0.25, -0.2) is 4.98 Å². The van der Waals surface area contributed by atoms with Gasteiger partial charge in [-0.3, -0.25) is 4.79 Å². The Morgan fingerprint density at radius 2 is 2.13 bits per heavy atom. The van der Waals surface area contributed by atoms with Gasteiger partial charge < -0.3 is 0 Å². The Morgan fingerprint density at radius 3 is 2.53 bits per heavy atom. The highest BCUT2D eigenvalue weighted by molar-refractivity contribution is 7.06. The Kier molecular flexibility index (Phi) is 3.20. The highest BCUT2D eigenvalue weighted by Crippen LogP contribution is 2.25. The zero-order chi connectivity index (χ0) is 11.6. The van der Waals surface area contributed by atoms with Crippen molar-refractivity contribution in [2.75, 3.05) is 0 Å². The van der Waals surface area contributed by atoms with Gasteiger partial charge in [0.25, 0.3) is 0 Å². The minimum Gasteiger partial charge on any atom is -0.298 e. The molecule has 0 spiro atoms. The third kappa shape index (κ3) is 2.60. The van der Waals surface area contributed by atoms with Crippen molar-refractivity contribution in [1.82, 2.24) is 9.36 Å². The van der Waals surface area contributed by atoms with Crippen molar-refractivity contribution in [1.29, 1.82) is 5.26 Å². The summed E-state index contributed by atoms with van der Waals surface area (Å²) in [5.41, 5.74) is -0.405.